The summed E-state index contributed by atoms with van der Waals surface area (Å²) in [6.45, 7) is 4.26. The van der Waals surface area contributed by atoms with E-state index in [0.717, 1.165) is 23.2 Å². The second-order valence-electron chi connectivity index (χ2n) is 6.86. The summed E-state index contributed by atoms with van der Waals surface area (Å²) in [6, 6.07) is 15.2. The van der Waals surface area contributed by atoms with E-state index in [0.29, 0.717) is 16.5 Å². The Morgan fingerprint density at radius 1 is 1.10 bits per heavy atom. The summed E-state index contributed by atoms with van der Waals surface area (Å²) < 4.78 is 1.79. The molecule has 0 saturated heterocycles. The molecule has 8 heteroatoms. The van der Waals surface area contributed by atoms with Crippen LogP contribution in [0.5, 0.6) is 0 Å². The lowest BCUT2D eigenvalue weighted by Gasteiger charge is -2.09. The van der Waals surface area contributed by atoms with Gasteiger partial charge in [-0.3, -0.25) is 9.59 Å². The molecule has 0 unspecified atom stereocenters. The second-order valence-corrected chi connectivity index (χ2v) is 7.80. The van der Waals surface area contributed by atoms with Crippen molar-refractivity contribution in [3.8, 4) is 0 Å². The van der Waals surface area contributed by atoms with Gasteiger partial charge < -0.3 is 15.2 Å². The van der Waals surface area contributed by atoms with E-state index in [1.54, 1.807) is 10.6 Å². The lowest BCUT2D eigenvalue weighted by Crippen LogP contribution is -2.24. The maximum Gasteiger partial charge on any atom is 0.251 e. The van der Waals surface area contributed by atoms with Crippen molar-refractivity contribution in [3.05, 3.63) is 71.0 Å². The highest BCUT2D eigenvalue weighted by atomic mass is 32.2. The number of nitrogens with zero attached hydrogens (tertiary/aromatic N) is 3. The molecular formula is C22H25N5O2S. The molecule has 3 aromatic rings. The van der Waals surface area contributed by atoms with E-state index >= 15 is 0 Å². The van der Waals surface area contributed by atoms with Crippen molar-refractivity contribution >= 4 is 29.3 Å². The minimum absolute atomic E-state index is 0.0989. The number of hydrogen-bond donors (Lipinski definition) is 2. The fraction of sp³-hybridized carbons (Fsp3) is 0.273. The molecule has 0 fully saturated rings. The van der Waals surface area contributed by atoms with Crippen molar-refractivity contribution in [2.45, 2.75) is 32.0 Å². The first kappa shape index (κ1) is 21.6. The molecule has 30 heavy (non-hydrogen) atoms. The van der Waals surface area contributed by atoms with Crippen molar-refractivity contribution < 1.29 is 9.59 Å². The Morgan fingerprint density at radius 3 is 2.67 bits per heavy atom. The van der Waals surface area contributed by atoms with Crippen LogP contribution in [-0.2, 0) is 24.8 Å². The molecule has 0 bridgehead atoms. The average molecular weight is 424 g/mol. The number of aryl methyl sites for hydroxylation is 2. The molecule has 1 aromatic heterocycles. The molecule has 0 aliphatic heterocycles. The zero-order chi connectivity index (χ0) is 21.5. The fourth-order valence-electron chi connectivity index (χ4n) is 2.94. The summed E-state index contributed by atoms with van der Waals surface area (Å²) >= 11 is 1.31. The zero-order valence-corrected chi connectivity index (χ0v) is 18.1. The van der Waals surface area contributed by atoms with Crippen LogP contribution in [0, 0.1) is 6.92 Å². The number of anilines is 1. The van der Waals surface area contributed by atoms with Gasteiger partial charge in [-0.05, 0) is 37.1 Å². The summed E-state index contributed by atoms with van der Waals surface area (Å²) in [7, 11) is 1.82. The third-order valence-electron chi connectivity index (χ3n) is 4.62. The molecule has 7 nitrogen and oxygen atoms in total. The smallest absolute Gasteiger partial charge is 0.251 e. The van der Waals surface area contributed by atoms with Gasteiger partial charge in [0.2, 0.25) is 5.91 Å². The Labute approximate surface area is 180 Å². The topological polar surface area (TPSA) is 88.9 Å². The number of aromatic nitrogens is 3. The van der Waals surface area contributed by atoms with Crippen LogP contribution in [0.25, 0.3) is 0 Å². The van der Waals surface area contributed by atoms with Crippen LogP contribution < -0.4 is 10.6 Å². The molecule has 0 atom stereocenters. The number of carbonyl (C=O) groups is 2. The number of hydrogen-bond acceptors (Lipinski definition) is 5. The third kappa shape index (κ3) is 5.48. The molecule has 0 radical (unpaired) electrons. The summed E-state index contributed by atoms with van der Waals surface area (Å²) in [5, 5.41) is 14.7. The summed E-state index contributed by atoms with van der Waals surface area (Å²) in [6.07, 6.45) is 0.852. The number of amides is 2. The van der Waals surface area contributed by atoms with Gasteiger partial charge in [-0.25, -0.2) is 0 Å². The van der Waals surface area contributed by atoms with Crippen LogP contribution in [0.2, 0.25) is 0 Å². The van der Waals surface area contributed by atoms with Crippen LogP contribution in [0.4, 0.5) is 5.69 Å². The molecule has 2 N–H and O–H groups in total. The standard InChI is InChI=1S/C22H25N5O2S/c1-4-16-9-5-6-11-18(16)24-20(28)14-30-22-26-25-19(27(22)3)13-23-21(29)17-10-7-8-15(2)12-17/h5-12H,4,13-14H2,1-3H3,(H,23,29)(H,24,28). The Kier molecular flexibility index (Phi) is 7.24. The molecule has 0 aliphatic carbocycles. The first-order valence-corrected chi connectivity index (χ1v) is 10.7. The number of thioether (sulfide) groups is 1. The minimum Gasteiger partial charge on any atom is -0.345 e. The van der Waals surface area contributed by atoms with E-state index in [-0.39, 0.29) is 24.1 Å². The maximum atomic E-state index is 12.3. The van der Waals surface area contributed by atoms with Gasteiger partial charge in [0, 0.05) is 18.3 Å². The number of carbonyl (C=O) groups excluding carboxylic acids is 2. The van der Waals surface area contributed by atoms with Gasteiger partial charge in [-0.15, -0.1) is 10.2 Å². The highest BCUT2D eigenvalue weighted by Gasteiger charge is 2.14. The molecule has 0 aliphatic rings. The molecule has 2 aromatic carbocycles. The quantitative estimate of drug-likeness (QED) is 0.543. The minimum atomic E-state index is -0.162. The molecular weight excluding hydrogens is 398 g/mol. The van der Waals surface area contributed by atoms with Gasteiger partial charge in [-0.2, -0.15) is 0 Å². The van der Waals surface area contributed by atoms with Crippen LogP contribution >= 0.6 is 11.8 Å². The van der Waals surface area contributed by atoms with Crippen molar-refractivity contribution in [2.24, 2.45) is 7.05 Å². The number of benzene rings is 2. The first-order chi connectivity index (χ1) is 14.5. The third-order valence-corrected chi connectivity index (χ3v) is 5.64. The first-order valence-electron chi connectivity index (χ1n) is 9.71. The molecule has 0 spiro atoms. The highest BCUT2D eigenvalue weighted by Crippen LogP contribution is 2.19. The summed E-state index contributed by atoms with van der Waals surface area (Å²) in [5.74, 6) is 0.581. The Morgan fingerprint density at radius 2 is 1.90 bits per heavy atom. The normalized spacial score (nSPS) is 10.6. The predicted molar refractivity (Wildman–Crippen MR) is 119 cm³/mol. The van der Waals surface area contributed by atoms with E-state index in [4.69, 9.17) is 0 Å². The number of rotatable bonds is 8. The molecule has 1 heterocycles. The van der Waals surface area contributed by atoms with Crippen molar-refractivity contribution in [1.82, 2.24) is 20.1 Å². The van der Waals surface area contributed by atoms with Gasteiger partial charge >= 0.3 is 0 Å². The average Bonchev–Trinajstić information content (AvgIpc) is 3.10. The van der Waals surface area contributed by atoms with Crippen molar-refractivity contribution in [3.63, 3.8) is 0 Å². The highest BCUT2D eigenvalue weighted by molar-refractivity contribution is 7.99. The van der Waals surface area contributed by atoms with E-state index in [9.17, 15) is 9.59 Å². The number of nitrogens with one attached hydrogen (secondary N) is 2. The van der Waals surface area contributed by atoms with E-state index in [2.05, 4.69) is 27.8 Å². The Hall–Kier alpha value is -3.13. The molecule has 3 rings (SSSR count). The maximum absolute atomic E-state index is 12.3. The van der Waals surface area contributed by atoms with Crippen LogP contribution in [0.15, 0.2) is 53.7 Å². The van der Waals surface area contributed by atoms with Crippen molar-refractivity contribution in [1.29, 1.82) is 0 Å². The Bertz CT molecular complexity index is 1050. The zero-order valence-electron chi connectivity index (χ0n) is 17.3. The lowest BCUT2D eigenvalue weighted by molar-refractivity contribution is -0.113. The lowest BCUT2D eigenvalue weighted by atomic mass is 10.1. The van der Waals surface area contributed by atoms with Crippen LogP contribution in [0.1, 0.15) is 34.2 Å². The van der Waals surface area contributed by atoms with Gasteiger partial charge in [0.1, 0.15) is 0 Å². The molecule has 2 amide bonds. The predicted octanol–water partition coefficient (Wildman–Crippen LogP) is 3.35. The van der Waals surface area contributed by atoms with Crippen molar-refractivity contribution in [2.75, 3.05) is 11.1 Å². The summed E-state index contributed by atoms with van der Waals surface area (Å²) in [4.78, 5) is 24.6. The number of para-hydroxylation sites is 1. The van der Waals surface area contributed by atoms with Gasteiger partial charge in [0.05, 0.1) is 12.3 Å². The molecule has 0 saturated carbocycles. The molecule has 156 valence electrons. The fourth-order valence-corrected chi connectivity index (χ4v) is 3.67. The monoisotopic (exact) mass is 423 g/mol. The van der Waals surface area contributed by atoms with Gasteiger partial charge in [-0.1, -0.05) is 54.6 Å². The van der Waals surface area contributed by atoms with E-state index in [1.165, 1.54) is 11.8 Å². The SMILES string of the molecule is CCc1ccccc1NC(=O)CSc1nnc(CNC(=O)c2cccc(C)c2)n1C. The largest absolute Gasteiger partial charge is 0.345 e. The van der Waals surface area contributed by atoms with E-state index in [1.807, 2.05) is 56.4 Å². The summed E-state index contributed by atoms with van der Waals surface area (Å²) in [5.41, 5.74) is 3.57. The van der Waals surface area contributed by atoms with E-state index < -0.39 is 0 Å². The van der Waals surface area contributed by atoms with Gasteiger partial charge in [0.15, 0.2) is 11.0 Å². The second kappa shape index (κ2) is 10.1. The van der Waals surface area contributed by atoms with Crippen LogP contribution in [0.3, 0.4) is 0 Å². The Balaban J connectivity index is 1.53. The van der Waals surface area contributed by atoms with Crippen LogP contribution in [-0.4, -0.2) is 32.3 Å². The van der Waals surface area contributed by atoms with Gasteiger partial charge in [0.25, 0.3) is 5.91 Å².